The van der Waals surface area contributed by atoms with Crippen molar-refractivity contribution in [3.63, 3.8) is 0 Å². The molecule has 108 valence electrons. The molecule has 0 aromatic carbocycles. The zero-order chi connectivity index (χ0) is 14.2. The second-order valence-corrected chi connectivity index (χ2v) is 5.47. The smallest absolute Gasteiger partial charge is 0.224 e. The number of carbonyl (C=O) groups is 1. The number of hydrogen-bond donors (Lipinski definition) is 0. The lowest BCUT2D eigenvalue weighted by molar-refractivity contribution is -0.114. The first-order valence-electron chi connectivity index (χ1n) is 6.61. The highest BCUT2D eigenvalue weighted by atomic mass is 35.5. The third-order valence-corrected chi connectivity index (χ3v) is 3.95. The quantitative estimate of drug-likeness (QED) is 0.619. The van der Waals surface area contributed by atoms with Gasteiger partial charge in [-0.1, -0.05) is 0 Å². The number of nitrogens with zero attached hydrogens (tertiary/aromatic N) is 3. The fraction of sp³-hybridized carbons (Fsp3) is 0.615. The maximum Gasteiger partial charge on any atom is 0.224 e. The number of rotatable bonds is 3. The summed E-state index contributed by atoms with van der Waals surface area (Å²) < 4.78 is 11.1. The molecule has 1 aromatic heterocycles. The van der Waals surface area contributed by atoms with Gasteiger partial charge in [-0.2, -0.15) is 0 Å². The lowest BCUT2D eigenvalue weighted by Crippen LogP contribution is -2.37. The van der Waals surface area contributed by atoms with Gasteiger partial charge in [-0.25, -0.2) is 9.97 Å². The molecule has 0 saturated carbocycles. The van der Waals surface area contributed by atoms with Gasteiger partial charge in [0.25, 0.3) is 0 Å². The summed E-state index contributed by atoms with van der Waals surface area (Å²) in [5.41, 5.74) is 0.955. The summed E-state index contributed by atoms with van der Waals surface area (Å²) in [5.74, 6) is 0.804. The minimum absolute atomic E-state index is 0.188. The molecule has 2 aliphatic heterocycles. The van der Waals surface area contributed by atoms with Crippen LogP contribution in [0.5, 0.6) is 0 Å². The van der Waals surface area contributed by atoms with E-state index in [9.17, 15) is 4.79 Å². The topological polar surface area (TPSA) is 64.5 Å². The number of ether oxygens (including phenoxy) is 2. The van der Waals surface area contributed by atoms with Crippen molar-refractivity contribution in [1.29, 1.82) is 0 Å². The second kappa shape index (κ2) is 5.27. The Hall–Kier alpha value is -1.24. The normalized spacial score (nSPS) is 25.6. The van der Waals surface area contributed by atoms with Gasteiger partial charge in [0.2, 0.25) is 5.28 Å². The van der Waals surface area contributed by atoms with Gasteiger partial charge in [-0.05, 0) is 18.5 Å². The molecule has 0 bridgehead atoms. The minimum Gasteiger partial charge on any atom is -0.378 e. The molecule has 3 heterocycles. The summed E-state index contributed by atoms with van der Waals surface area (Å²) in [4.78, 5) is 21.6. The Kier molecular flexibility index (Phi) is 3.62. The Morgan fingerprint density at radius 3 is 2.85 bits per heavy atom. The Morgan fingerprint density at radius 2 is 2.15 bits per heavy atom. The Labute approximate surface area is 122 Å². The van der Waals surface area contributed by atoms with Crippen LogP contribution in [0.1, 0.15) is 24.6 Å². The predicted molar refractivity (Wildman–Crippen MR) is 72.9 cm³/mol. The van der Waals surface area contributed by atoms with Gasteiger partial charge in [0, 0.05) is 25.1 Å². The van der Waals surface area contributed by atoms with Crippen molar-refractivity contribution in [3.05, 3.63) is 16.5 Å². The van der Waals surface area contributed by atoms with Crippen molar-refractivity contribution in [2.45, 2.75) is 25.6 Å². The Morgan fingerprint density at radius 1 is 1.40 bits per heavy atom. The van der Waals surface area contributed by atoms with Gasteiger partial charge in [0.1, 0.15) is 17.7 Å². The molecule has 1 unspecified atom stereocenters. The molecule has 1 atom stereocenters. The molecular weight excluding hydrogens is 282 g/mol. The number of hydrogen-bond acceptors (Lipinski definition) is 6. The summed E-state index contributed by atoms with van der Waals surface area (Å²) in [6, 6.07) is 0. The van der Waals surface area contributed by atoms with Crippen LogP contribution >= 0.6 is 11.6 Å². The van der Waals surface area contributed by atoms with Crippen molar-refractivity contribution in [1.82, 2.24) is 9.97 Å². The monoisotopic (exact) mass is 297 g/mol. The first-order valence-corrected chi connectivity index (χ1v) is 6.99. The van der Waals surface area contributed by atoms with Crippen LogP contribution in [0, 0.1) is 0 Å². The lowest BCUT2D eigenvalue weighted by Gasteiger charge is -2.29. The summed E-state index contributed by atoms with van der Waals surface area (Å²) in [6.07, 6.45) is 1.11. The van der Waals surface area contributed by atoms with Gasteiger partial charge < -0.3 is 19.2 Å². The molecule has 20 heavy (non-hydrogen) atoms. The van der Waals surface area contributed by atoms with Gasteiger partial charge >= 0.3 is 0 Å². The SMILES string of the molecule is CC1(CC=O)OCc2c(N3CCOCC3)nc(Cl)nc21. The molecule has 0 amide bonds. The maximum atomic E-state index is 10.9. The van der Waals surface area contributed by atoms with E-state index >= 15 is 0 Å². The predicted octanol–water partition coefficient (Wildman–Crippen LogP) is 1.30. The maximum absolute atomic E-state index is 10.9. The summed E-state index contributed by atoms with van der Waals surface area (Å²) in [7, 11) is 0. The molecule has 6 nitrogen and oxygen atoms in total. The molecule has 2 aliphatic rings. The third kappa shape index (κ3) is 2.28. The van der Waals surface area contributed by atoms with E-state index in [4.69, 9.17) is 21.1 Å². The van der Waals surface area contributed by atoms with E-state index in [0.29, 0.717) is 19.8 Å². The molecule has 1 aromatic rings. The molecule has 1 saturated heterocycles. The zero-order valence-electron chi connectivity index (χ0n) is 11.3. The molecule has 1 fully saturated rings. The van der Waals surface area contributed by atoms with Crippen LogP contribution in [-0.4, -0.2) is 42.6 Å². The van der Waals surface area contributed by atoms with Crippen LogP contribution in [0.25, 0.3) is 0 Å². The van der Waals surface area contributed by atoms with Crippen LogP contribution < -0.4 is 4.90 Å². The lowest BCUT2D eigenvalue weighted by atomic mass is 9.97. The molecule has 0 radical (unpaired) electrons. The average molecular weight is 298 g/mol. The second-order valence-electron chi connectivity index (χ2n) is 5.13. The number of carbonyl (C=O) groups excluding carboxylic acids is 1. The summed E-state index contributed by atoms with van der Waals surface area (Å²) in [6.45, 7) is 5.14. The Balaban J connectivity index is 2.03. The van der Waals surface area contributed by atoms with Gasteiger partial charge in [-0.3, -0.25) is 0 Å². The molecule has 0 spiro atoms. The minimum atomic E-state index is -0.704. The van der Waals surface area contributed by atoms with Crippen molar-refractivity contribution in [3.8, 4) is 0 Å². The van der Waals surface area contributed by atoms with Gasteiger partial charge in [-0.15, -0.1) is 0 Å². The van der Waals surface area contributed by atoms with Gasteiger partial charge in [0.15, 0.2) is 0 Å². The number of aldehydes is 1. The van der Waals surface area contributed by atoms with Gasteiger partial charge in [0.05, 0.1) is 25.5 Å². The average Bonchev–Trinajstić information content (AvgIpc) is 2.77. The van der Waals surface area contributed by atoms with E-state index < -0.39 is 5.60 Å². The van der Waals surface area contributed by atoms with Crippen LogP contribution in [-0.2, 0) is 26.5 Å². The highest BCUT2D eigenvalue weighted by Gasteiger charge is 2.40. The molecule has 0 aliphatic carbocycles. The largest absolute Gasteiger partial charge is 0.378 e. The summed E-state index contributed by atoms with van der Waals surface area (Å²) >= 11 is 6.05. The zero-order valence-corrected chi connectivity index (χ0v) is 12.0. The van der Waals surface area contributed by atoms with E-state index in [-0.39, 0.29) is 11.7 Å². The number of aromatic nitrogens is 2. The highest BCUT2D eigenvalue weighted by Crippen LogP contribution is 2.41. The van der Waals surface area contributed by atoms with E-state index in [0.717, 1.165) is 36.5 Å². The molecular formula is C13H16ClN3O3. The van der Waals surface area contributed by atoms with E-state index in [1.165, 1.54) is 0 Å². The molecule has 0 N–H and O–H groups in total. The first kappa shape index (κ1) is 13.7. The molecule has 7 heteroatoms. The fourth-order valence-electron chi connectivity index (χ4n) is 2.67. The first-order chi connectivity index (χ1) is 9.64. The van der Waals surface area contributed by atoms with Crippen LogP contribution in [0.4, 0.5) is 5.82 Å². The van der Waals surface area contributed by atoms with Crippen LogP contribution in [0.2, 0.25) is 5.28 Å². The van der Waals surface area contributed by atoms with E-state index in [1.807, 2.05) is 6.92 Å². The number of fused-ring (bicyclic) bond motifs is 1. The number of halogens is 1. The van der Waals surface area contributed by atoms with E-state index in [1.54, 1.807) is 0 Å². The Bertz CT molecular complexity index is 534. The van der Waals surface area contributed by atoms with Crippen molar-refractivity contribution in [2.75, 3.05) is 31.2 Å². The standard InChI is InChI=1S/C13H16ClN3O3/c1-13(2-5-18)10-9(8-20-13)11(16-12(14)15-10)17-3-6-19-7-4-17/h5H,2-4,6-8H2,1H3. The third-order valence-electron chi connectivity index (χ3n) is 3.78. The van der Waals surface area contributed by atoms with Crippen molar-refractivity contribution < 1.29 is 14.3 Å². The highest BCUT2D eigenvalue weighted by molar-refractivity contribution is 6.28. The van der Waals surface area contributed by atoms with Crippen LogP contribution in [0.3, 0.4) is 0 Å². The molecule has 3 rings (SSSR count). The van der Waals surface area contributed by atoms with Crippen molar-refractivity contribution >= 4 is 23.7 Å². The van der Waals surface area contributed by atoms with Crippen LogP contribution in [0.15, 0.2) is 0 Å². The fourth-order valence-corrected chi connectivity index (χ4v) is 2.83. The number of anilines is 1. The summed E-state index contributed by atoms with van der Waals surface area (Å²) in [5, 5.41) is 0.188. The number of morpholine rings is 1. The van der Waals surface area contributed by atoms with Crippen molar-refractivity contribution in [2.24, 2.45) is 0 Å². The van der Waals surface area contributed by atoms with E-state index in [2.05, 4.69) is 14.9 Å².